The average Bonchev–Trinajstić information content (AvgIpc) is 2.82. The molecular weight excluding hydrogens is 440 g/mol. The van der Waals surface area contributed by atoms with Gasteiger partial charge >= 0.3 is 11.9 Å². The number of carbonyl (C=O) groups excluding carboxylic acids is 4. The largest absolute Gasteiger partial charge is 0.462 e. The van der Waals surface area contributed by atoms with Gasteiger partial charge in [-0.1, -0.05) is 48.2 Å². The Labute approximate surface area is 194 Å². The Morgan fingerprint density at radius 3 is 2.00 bits per heavy atom. The number of ketones is 2. The van der Waals surface area contributed by atoms with E-state index in [9.17, 15) is 19.2 Å². The lowest BCUT2D eigenvalue weighted by atomic mass is 9.84. The second-order valence-electron chi connectivity index (χ2n) is 7.13. The maximum atomic E-state index is 13.2. The summed E-state index contributed by atoms with van der Waals surface area (Å²) in [5.74, 6) is -1.69. The van der Waals surface area contributed by atoms with Gasteiger partial charge in [-0.2, -0.15) is 0 Å². The van der Waals surface area contributed by atoms with Gasteiger partial charge in [0, 0.05) is 32.0 Å². The van der Waals surface area contributed by atoms with Crippen molar-refractivity contribution < 1.29 is 28.7 Å². The molecular formula is C26H20O6S. The molecule has 1 aliphatic rings. The van der Waals surface area contributed by atoms with Gasteiger partial charge in [-0.15, -0.1) is 0 Å². The van der Waals surface area contributed by atoms with E-state index in [1.165, 1.54) is 23.9 Å². The van der Waals surface area contributed by atoms with Crippen molar-refractivity contribution in [3.8, 4) is 0 Å². The molecule has 0 unspecified atom stereocenters. The summed E-state index contributed by atoms with van der Waals surface area (Å²) >= 11 is 1.23. The maximum absolute atomic E-state index is 13.2. The lowest BCUT2D eigenvalue weighted by molar-refractivity contribution is 0.0478. The lowest BCUT2D eigenvalue weighted by Gasteiger charge is -2.20. The second kappa shape index (κ2) is 9.42. The highest BCUT2D eigenvalue weighted by Crippen LogP contribution is 2.37. The Hall–Kier alpha value is -3.71. The number of fused-ring (bicyclic) bond motifs is 2. The Balaban J connectivity index is 1.76. The predicted molar refractivity (Wildman–Crippen MR) is 122 cm³/mol. The van der Waals surface area contributed by atoms with Crippen molar-refractivity contribution >= 4 is 35.3 Å². The number of benzene rings is 3. The number of hydrogen-bond acceptors (Lipinski definition) is 7. The molecule has 6 nitrogen and oxygen atoms in total. The highest BCUT2D eigenvalue weighted by atomic mass is 32.2. The number of carbonyl (C=O) groups is 4. The first-order valence-electron chi connectivity index (χ1n) is 10.4. The van der Waals surface area contributed by atoms with Crippen molar-refractivity contribution in [1.82, 2.24) is 0 Å². The first-order chi connectivity index (χ1) is 16.0. The molecule has 166 valence electrons. The van der Waals surface area contributed by atoms with E-state index in [2.05, 4.69) is 0 Å². The minimum atomic E-state index is -0.640. The summed E-state index contributed by atoms with van der Waals surface area (Å²) in [6.07, 6.45) is 0. The highest BCUT2D eigenvalue weighted by Gasteiger charge is 2.31. The van der Waals surface area contributed by atoms with Crippen molar-refractivity contribution in [2.24, 2.45) is 0 Å². The Morgan fingerprint density at radius 1 is 0.727 bits per heavy atom. The zero-order chi connectivity index (χ0) is 23.5. The molecule has 0 N–H and O–H groups in total. The standard InChI is InChI=1S/C26H20O6S/c1-3-31-25(29)18-13-12-15(14-20(18)26(30)32-4-2)33-21-11-7-10-19-22(21)24(28)17-9-6-5-8-16(17)23(19)27/h5-14H,3-4H2,1-2H3. The first kappa shape index (κ1) is 22.5. The predicted octanol–water partition coefficient (Wildman–Crippen LogP) is 4.97. The molecule has 0 saturated heterocycles. The zero-order valence-electron chi connectivity index (χ0n) is 18.0. The quantitative estimate of drug-likeness (QED) is 0.376. The van der Waals surface area contributed by atoms with Crippen LogP contribution in [0, 0.1) is 0 Å². The Bertz CT molecular complexity index is 1290. The summed E-state index contributed by atoms with van der Waals surface area (Å²) in [7, 11) is 0. The molecule has 4 rings (SSSR count). The van der Waals surface area contributed by atoms with Gasteiger partial charge in [0.1, 0.15) is 0 Å². The van der Waals surface area contributed by atoms with Gasteiger partial charge in [-0.05, 0) is 38.1 Å². The van der Waals surface area contributed by atoms with Crippen LogP contribution in [0.4, 0.5) is 0 Å². The molecule has 0 radical (unpaired) electrons. The van der Waals surface area contributed by atoms with Crippen LogP contribution in [0.3, 0.4) is 0 Å². The fourth-order valence-corrected chi connectivity index (χ4v) is 4.69. The van der Waals surface area contributed by atoms with E-state index in [1.807, 2.05) is 0 Å². The highest BCUT2D eigenvalue weighted by molar-refractivity contribution is 7.99. The van der Waals surface area contributed by atoms with E-state index in [-0.39, 0.29) is 35.9 Å². The molecule has 0 fully saturated rings. The summed E-state index contributed by atoms with van der Waals surface area (Å²) in [4.78, 5) is 52.2. The van der Waals surface area contributed by atoms with Gasteiger partial charge < -0.3 is 9.47 Å². The van der Waals surface area contributed by atoms with Crippen LogP contribution in [0.1, 0.15) is 66.4 Å². The topological polar surface area (TPSA) is 86.7 Å². The zero-order valence-corrected chi connectivity index (χ0v) is 18.9. The van der Waals surface area contributed by atoms with Crippen LogP contribution >= 0.6 is 11.8 Å². The third-order valence-electron chi connectivity index (χ3n) is 5.12. The summed E-state index contributed by atoms with van der Waals surface area (Å²) < 4.78 is 10.2. The minimum Gasteiger partial charge on any atom is -0.462 e. The van der Waals surface area contributed by atoms with Crippen LogP contribution in [0.2, 0.25) is 0 Å². The van der Waals surface area contributed by atoms with E-state index in [1.54, 1.807) is 62.4 Å². The summed E-state index contributed by atoms with van der Waals surface area (Å²) in [6, 6.07) is 16.6. The molecule has 7 heteroatoms. The Kier molecular flexibility index (Phi) is 6.42. The molecule has 0 heterocycles. The summed E-state index contributed by atoms with van der Waals surface area (Å²) in [5.41, 5.74) is 1.62. The second-order valence-corrected chi connectivity index (χ2v) is 8.25. The number of esters is 2. The molecule has 3 aromatic rings. The SMILES string of the molecule is CCOC(=O)c1ccc(Sc2cccc3c2C(=O)c2ccccc2C3=O)cc1C(=O)OCC. The first-order valence-corrected chi connectivity index (χ1v) is 11.3. The average molecular weight is 461 g/mol. The smallest absolute Gasteiger partial charge is 0.339 e. The van der Waals surface area contributed by atoms with E-state index < -0.39 is 11.9 Å². The number of rotatable bonds is 6. The van der Waals surface area contributed by atoms with E-state index in [0.29, 0.717) is 32.0 Å². The molecule has 0 amide bonds. The monoisotopic (exact) mass is 460 g/mol. The van der Waals surface area contributed by atoms with Gasteiger partial charge in [0.05, 0.1) is 24.3 Å². The van der Waals surface area contributed by atoms with Gasteiger partial charge in [0.2, 0.25) is 0 Å². The molecule has 0 atom stereocenters. The van der Waals surface area contributed by atoms with Crippen LogP contribution < -0.4 is 0 Å². The van der Waals surface area contributed by atoms with Crippen LogP contribution in [0.15, 0.2) is 70.5 Å². The van der Waals surface area contributed by atoms with Crippen molar-refractivity contribution in [3.05, 3.63) is 94.0 Å². The third-order valence-corrected chi connectivity index (χ3v) is 6.17. The minimum absolute atomic E-state index is 0.0813. The van der Waals surface area contributed by atoms with Crippen molar-refractivity contribution in [3.63, 3.8) is 0 Å². The van der Waals surface area contributed by atoms with Crippen LogP contribution in [-0.4, -0.2) is 36.7 Å². The Morgan fingerprint density at radius 2 is 1.33 bits per heavy atom. The fraction of sp³-hybridized carbons (Fsp3) is 0.154. The third kappa shape index (κ3) is 4.19. The molecule has 33 heavy (non-hydrogen) atoms. The molecule has 0 aliphatic heterocycles. The molecule has 0 bridgehead atoms. The van der Waals surface area contributed by atoms with Gasteiger partial charge in [0.15, 0.2) is 11.6 Å². The molecule has 0 aromatic heterocycles. The van der Waals surface area contributed by atoms with Gasteiger partial charge in [0.25, 0.3) is 0 Å². The number of ether oxygens (including phenoxy) is 2. The number of hydrogen-bond donors (Lipinski definition) is 0. The summed E-state index contributed by atoms with van der Waals surface area (Å²) in [5, 5.41) is 0. The van der Waals surface area contributed by atoms with Crippen molar-refractivity contribution in [1.29, 1.82) is 0 Å². The van der Waals surface area contributed by atoms with Gasteiger partial charge in [-0.25, -0.2) is 9.59 Å². The van der Waals surface area contributed by atoms with Crippen molar-refractivity contribution in [2.45, 2.75) is 23.6 Å². The lowest BCUT2D eigenvalue weighted by Crippen LogP contribution is -2.21. The van der Waals surface area contributed by atoms with Crippen LogP contribution in [0.25, 0.3) is 0 Å². The van der Waals surface area contributed by atoms with Gasteiger partial charge in [-0.3, -0.25) is 9.59 Å². The maximum Gasteiger partial charge on any atom is 0.339 e. The van der Waals surface area contributed by atoms with E-state index in [4.69, 9.17) is 9.47 Å². The molecule has 0 spiro atoms. The van der Waals surface area contributed by atoms with Crippen molar-refractivity contribution in [2.75, 3.05) is 13.2 Å². The molecule has 0 saturated carbocycles. The molecule has 3 aromatic carbocycles. The normalized spacial score (nSPS) is 12.1. The van der Waals surface area contributed by atoms with E-state index in [0.717, 1.165) is 0 Å². The fourth-order valence-electron chi connectivity index (χ4n) is 3.68. The summed E-state index contributed by atoms with van der Waals surface area (Å²) in [6.45, 7) is 3.68. The van der Waals surface area contributed by atoms with E-state index >= 15 is 0 Å². The molecule has 1 aliphatic carbocycles. The van der Waals surface area contributed by atoms with Crippen LogP contribution in [0.5, 0.6) is 0 Å². The van der Waals surface area contributed by atoms with Crippen LogP contribution in [-0.2, 0) is 9.47 Å².